The molecule has 0 bridgehead atoms. The lowest BCUT2D eigenvalue weighted by Crippen LogP contribution is -2.51. The van der Waals surface area contributed by atoms with Crippen LogP contribution < -0.4 is 27.4 Å². The van der Waals surface area contributed by atoms with Gasteiger partial charge in [-0.15, -0.1) is 0 Å². The first kappa shape index (κ1) is 40.7. The van der Waals surface area contributed by atoms with Crippen molar-refractivity contribution in [3.63, 3.8) is 0 Å². The Bertz CT molecular complexity index is 2320. The van der Waals surface area contributed by atoms with Gasteiger partial charge in [-0.3, -0.25) is 19.8 Å². The van der Waals surface area contributed by atoms with E-state index in [2.05, 4.69) is 19.7 Å². The quantitative estimate of drug-likeness (QED) is 0.137. The fourth-order valence-corrected chi connectivity index (χ4v) is 9.38. The zero-order valence-electron chi connectivity index (χ0n) is 33.7. The predicted molar refractivity (Wildman–Crippen MR) is 227 cm³/mol. The van der Waals surface area contributed by atoms with Crippen molar-refractivity contribution in [1.82, 2.24) is 24.6 Å². The Morgan fingerprint density at radius 3 is 2.32 bits per heavy atom. The molecule has 1 aromatic heterocycles. The number of urea groups is 1. The number of nitrogens with two attached hydrogens (primary N) is 3. The molecule has 0 saturated carbocycles. The lowest BCUT2D eigenvalue weighted by molar-refractivity contribution is -0.120. The zero-order chi connectivity index (χ0) is 42.1. The Morgan fingerprint density at radius 2 is 1.62 bits per heavy atom. The molecule has 1 unspecified atom stereocenters. The van der Waals surface area contributed by atoms with Crippen molar-refractivity contribution < 1.29 is 28.3 Å². The van der Waals surface area contributed by atoms with Gasteiger partial charge in [-0.2, -0.15) is 0 Å². The van der Waals surface area contributed by atoms with Crippen LogP contribution in [0.1, 0.15) is 78.4 Å². The van der Waals surface area contributed by atoms with Crippen molar-refractivity contribution in [2.45, 2.75) is 62.6 Å². The maximum atomic E-state index is 16.3. The minimum Gasteiger partial charge on any atom is -0.507 e. The number of para-hydroxylation sites is 1. The summed E-state index contributed by atoms with van der Waals surface area (Å²) in [7, 11) is 0. The normalized spacial score (nSPS) is 20.7. The van der Waals surface area contributed by atoms with Gasteiger partial charge in [0.25, 0.3) is 5.91 Å². The highest BCUT2D eigenvalue weighted by Gasteiger charge is 2.39. The molecule has 4 aliphatic rings. The van der Waals surface area contributed by atoms with Gasteiger partial charge in [0, 0.05) is 112 Å². The Hall–Kier alpha value is -6.09. The van der Waals surface area contributed by atoms with E-state index >= 15 is 8.78 Å². The number of nitrogens with one attached hydrogen (secondary N) is 1. The number of allylic oxidation sites excluding steroid dienone is 1. The first-order valence-corrected chi connectivity index (χ1v) is 20.8. The number of carbonyl (C=O) groups is 3. The minimum atomic E-state index is -1.40. The highest BCUT2D eigenvalue weighted by atomic mass is 19.1. The number of alkyl halides is 1. The van der Waals surface area contributed by atoms with Crippen LogP contribution in [0.3, 0.4) is 0 Å². The van der Waals surface area contributed by atoms with E-state index in [1.165, 1.54) is 4.90 Å². The Labute approximate surface area is 348 Å². The number of phenols is 1. The molecule has 60 heavy (non-hydrogen) atoms. The van der Waals surface area contributed by atoms with Crippen molar-refractivity contribution in [3.8, 4) is 5.75 Å². The molecule has 8 rings (SSSR count). The third kappa shape index (κ3) is 8.35. The molecule has 0 aliphatic carbocycles. The molecule has 0 spiro atoms. The summed E-state index contributed by atoms with van der Waals surface area (Å²) in [6.07, 6.45) is 7.67. The SMILES string of the molecule is NC(N)=C(/C=C(\N)c1ccccc1O)N1CCCC(c2ccc(C(=O)N3CCC(F)(CN4CCC(n5ccc6c(F)c(N7CCC(=O)NC7=O)ccc65)CC4)CC3)cc2)C1. The molecule has 4 fully saturated rings. The van der Waals surface area contributed by atoms with Crippen LogP contribution in [0.25, 0.3) is 16.6 Å². The number of piperidine rings is 3. The second-order valence-electron chi connectivity index (χ2n) is 16.6. The van der Waals surface area contributed by atoms with Gasteiger partial charge in [0.2, 0.25) is 5.91 Å². The van der Waals surface area contributed by atoms with Gasteiger partial charge >= 0.3 is 6.03 Å². The molecular weight excluding hydrogens is 769 g/mol. The molecule has 316 valence electrons. The smallest absolute Gasteiger partial charge is 0.328 e. The number of halogens is 2. The van der Waals surface area contributed by atoms with E-state index in [9.17, 15) is 19.5 Å². The van der Waals surface area contributed by atoms with Gasteiger partial charge in [0.05, 0.1) is 16.9 Å². The van der Waals surface area contributed by atoms with Crippen LogP contribution in [-0.2, 0) is 4.79 Å². The van der Waals surface area contributed by atoms with Crippen molar-refractivity contribution in [2.75, 3.05) is 57.3 Å². The highest BCUT2D eigenvalue weighted by molar-refractivity contribution is 6.06. The Balaban J connectivity index is 0.825. The molecule has 8 N–H and O–H groups in total. The molecule has 1 atom stereocenters. The molecule has 13 nitrogen and oxygen atoms in total. The minimum absolute atomic E-state index is 0.0725. The molecule has 15 heteroatoms. The van der Waals surface area contributed by atoms with E-state index in [1.807, 2.05) is 36.5 Å². The zero-order valence-corrected chi connectivity index (χ0v) is 33.7. The number of anilines is 1. The summed E-state index contributed by atoms with van der Waals surface area (Å²) < 4.78 is 34.0. The number of phenolic OH excluding ortho intramolecular Hbond substituents is 1. The van der Waals surface area contributed by atoms with Gasteiger partial charge in [-0.05, 0) is 79.8 Å². The van der Waals surface area contributed by atoms with Crippen molar-refractivity contribution >= 4 is 40.1 Å². The van der Waals surface area contributed by atoms with Crippen LogP contribution in [0.4, 0.5) is 19.3 Å². The molecule has 0 radical (unpaired) electrons. The number of amides is 4. The predicted octanol–water partition coefficient (Wildman–Crippen LogP) is 5.48. The lowest BCUT2D eigenvalue weighted by Gasteiger charge is -2.41. The molecule has 4 saturated heterocycles. The van der Waals surface area contributed by atoms with Crippen molar-refractivity contribution in [3.05, 3.63) is 113 Å². The molecule has 5 heterocycles. The number of benzene rings is 3. The fraction of sp³-hybridized carbons (Fsp3) is 0.400. The van der Waals surface area contributed by atoms with Crippen LogP contribution in [-0.4, -0.2) is 100 Å². The van der Waals surface area contributed by atoms with Crippen LogP contribution in [0.15, 0.2) is 90.5 Å². The van der Waals surface area contributed by atoms with Crippen molar-refractivity contribution in [2.24, 2.45) is 17.2 Å². The summed E-state index contributed by atoms with van der Waals surface area (Å²) >= 11 is 0. The second kappa shape index (κ2) is 16.9. The number of hydrogen-bond acceptors (Lipinski definition) is 9. The molecule has 3 aromatic carbocycles. The van der Waals surface area contributed by atoms with E-state index in [-0.39, 0.29) is 66.8 Å². The standard InChI is InChI=1S/C45H53F2N9O4/c46-41-34-15-22-55(36(34)11-12-37(41)56-23-16-40(58)51-44(56)60)32-13-20-52(21-14-32)28-45(47)17-24-53(25-18-45)43(59)30-9-7-29(8-10-30)31-4-3-19-54(27-31)38(42(49)50)26-35(48)33-5-1-2-6-39(33)57/h1-2,5-12,15,22,26,31-32,57H,3-4,13-14,16-21,23-25,27-28,48-50H2,(H,51,58,60)/b35-26-. The van der Waals surface area contributed by atoms with Gasteiger partial charge in [0.15, 0.2) is 5.82 Å². The molecule has 4 amide bonds. The maximum Gasteiger partial charge on any atom is 0.328 e. The third-order valence-corrected chi connectivity index (χ3v) is 12.8. The Kier molecular flexibility index (Phi) is 11.4. The van der Waals surface area contributed by atoms with Gasteiger partial charge < -0.3 is 41.6 Å². The summed E-state index contributed by atoms with van der Waals surface area (Å²) in [5, 5.41) is 12.9. The van der Waals surface area contributed by atoms with Gasteiger partial charge in [0.1, 0.15) is 17.2 Å². The number of carbonyl (C=O) groups excluding carboxylic acids is 3. The van der Waals surface area contributed by atoms with Crippen LogP contribution >= 0.6 is 0 Å². The van der Waals surface area contributed by atoms with Gasteiger partial charge in [-0.1, -0.05) is 24.3 Å². The Morgan fingerprint density at radius 1 is 0.883 bits per heavy atom. The second-order valence-corrected chi connectivity index (χ2v) is 16.6. The lowest BCUT2D eigenvalue weighted by atomic mass is 9.89. The van der Waals surface area contributed by atoms with E-state index < -0.39 is 17.5 Å². The van der Waals surface area contributed by atoms with Crippen molar-refractivity contribution in [1.29, 1.82) is 0 Å². The third-order valence-electron chi connectivity index (χ3n) is 12.8. The van der Waals surface area contributed by atoms with E-state index in [1.54, 1.807) is 47.4 Å². The molecule has 4 aliphatic heterocycles. The number of rotatable bonds is 9. The largest absolute Gasteiger partial charge is 0.507 e. The van der Waals surface area contributed by atoms with E-state index in [4.69, 9.17) is 17.2 Å². The fourth-order valence-electron chi connectivity index (χ4n) is 9.38. The summed E-state index contributed by atoms with van der Waals surface area (Å²) in [6, 6.07) is 19.2. The first-order valence-electron chi connectivity index (χ1n) is 20.8. The number of aromatic hydroxyl groups is 1. The average Bonchev–Trinajstić information content (AvgIpc) is 3.69. The number of imide groups is 1. The number of aromatic nitrogens is 1. The van der Waals surface area contributed by atoms with Crippen LogP contribution in [0.2, 0.25) is 0 Å². The summed E-state index contributed by atoms with van der Waals surface area (Å²) in [5.41, 5.74) is 21.2. The topological polar surface area (TPSA) is 179 Å². The number of likely N-dealkylation sites (tertiary alicyclic amines) is 3. The number of fused-ring (bicyclic) bond motifs is 1. The van der Waals surface area contributed by atoms with E-state index in [0.717, 1.165) is 43.3 Å². The highest BCUT2D eigenvalue weighted by Crippen LogP contribution is 2.36. The van der Waals surface area contributed by atoms with Crippen LogP contribution in [0.5, 0.6) is 5.75 Å². The van der Waals surface area contributed by atoms with E-state index in [0.29, 0.717) is 67.2 Å². The number of hydrogen-bond donors (Lipinski definition) is 5. The van der Waals surface area contributed by atoms with Gasteiger partial charge in [-0.25, -0.2) is 13.6 Å². The summed E-state index contributed by atoms with van der Waals surface area (Å²) in [6.45, 7) is 3.93. The summed E-state index contributed by atoms with van der Waals surface area (Å²) in [4.78, 5) is 44.8. The number of nitrogens with zero attached hydrogens (tertiary/aromatic N) is 5. The molecule has 4 aromatic rings. The molecular formula is C45H53F2N9O4. The maximum absolute atomic E-state index is 16.3. The first-order chi connectivity index (χ1) is 28.9. The monoisotopic (exact) mass is 821 g/mol. The van der Waals surface area contributed by atoms with Crippen LogP contribution in [0, 0.1) is 5.82 Å². The summed E-state index contributed by atoms with van der Waals surface area (Å²) in [5.74, 6) is -0.577. The average molecular weight is 822 g/mol.